The van der Waals surface area contributed by atoms with E-state index in [9.17, 15) is 0 Å². The van der Waals surface area contributed by atoms with Gasteiger partial charge < -0.3 is 10.1 Å². The summed E-state index contributed by atoms with van der Waals surface area (Å²) in [5.41, 5.74) is 0.961. The summed E-state index contributed by atoms with van der Waals surface area (Å²) >= 11 is 0. The molecule has 4 heteroatoms. The van der Waals surface area contributed by atoms with Gasteiger partial charge in [-0.2, -0.15) is 0 Å². The average Bonchev–Trinajstić information content (AvgIpc) is 2.39. The van der Waals surface area contributed by atoms with Crippen LogP contribution in [0.25, 0.3) is 0 Å². The normalized spacial score (nSPS) is 17.0. The first-order valence-corrected chi connectivity index (χ1v) is 6.57. The Morgan fingerprint density at radius 2 is 2.06 bits per heavy atom. The molecule has 1 aliphatic rings. The van der Waals surface area contributed by atoms with E-state index >= 15 is 0 Å². The molecule has 1 fully saturated rings. The van der Waals surface area contributed by atoms with Crippen molar-refractivity contribution in [3.05, 3.63) is 18.1 Å². The lowest BCUT2D eigenvalue weighted by molar-refractivity contribution is 0.148. The van der Waals surface area contributed by atoms with Gasteiger partial charge in [-0.05, 0) is 32.2 Å². The molecule has 0 amide bonds. The van der Waals surface area contributed by atoms with Crippen molar-refractivity contribution in [2.24, 2.45) is 0 Å². The molecular weight excluding hydrogens is 214 g/mol. The first-order valence-electron chi connectivity index (χ1n) is 6.57. The summed E-state index contributed by atoms with van der Waals surface area (Å²) < 4.78 is 5.82. The van der Waals surface area contributed by atoms with Gasteiger partial charge in [0.15, 0.2) is 0 Å². The Labute approximate surface area is 103 Å². The van der Waals surface area contributed by atoms with E-state index in [0.717, 1.165) is 31.6 Å². The van der Waals surface area contributed by atoms with Crippen LogP contribution in [-0.2, 0) is 6.54 Å². The van der Waals surface area contributed by atoms with Gasteiger partial charge in [0.1, 0.15) is 6.10 Å². The zero-order chi connectivity index (χ0) is 11.9. The number of ether oxygens (including phenoxy) is 1. The second-order valence-corrected chi connectivity index (χ2v) is 4.50. The first kappa shape index (κ1) is 12.3. The van der Waals surface area contributed by atoms with Crippen LogP contribution in [0.3, 0.4) is 0 Å². The fraction of sp³-hybridized carbons (Fsp3) is 0.692. The van der Waals surface area contributed by atoms with Gasteiger partial charge in [-0.25, -0.2) is 4.98 Å². The predicted octanol–water partition coefficient (Wildman–Crippen LogP) is 2.30. The first-order chi connectivity index (χ1) is 8.38. The highest BCUT2D eigenvalue weighted by atomic mass is 16.5. The van der Waals surface area contributed by atoms with Crippen molar-refractivity contribution in [3.8, 4) is 5.88 Å². The van der Waals surface area contributed by atoms with Crippen LogP contribution >= 0.6 is 0 Å². The molecule has 2 rings (SSSR count). The summed E-state index contributed by atoms with van der Waals surface area (Å²) in [6, 6.07) is 0. The van der Waals surface area contributed by atoms with Crippen LogP contribution in [0.1, 0.15) is 44.7 Å². The van der Waals surface area contributed by atoms with Crippen molar-refractivity contribution >= 4 is 0 Å². The molecular formula is C13H21N3O. The van der Waals surface area contributed by atoms with E-state index in [2.05, 4.69) is 22.2 Å². The Balaban J connectivity index is 1.84. The summed E-state index contributed by atoms with van der Waals surface area (Å²) in [5.74, 6) is 0.664. The third kappa shape index (κ3) is 3.97. The fourth-order valence-electron chi connectivity index (χ4n) is 2.10. The minimum atomic E-state index is 0.345. The van der Waals surface area contributed by atoms with Crippen LogP contribution in [0.2, 0.25) is 0 Å². The maximum Gasteiger partial charge on any atom is 0.232 e. The van der Waals surface area contributed by atoms with Crippen LogP contribution < -0.4 is 10.1 Å². The lowest BCUT2D eigenvalue weighted by Gasteiger charge is -2.22. The van der Waals surface area contributed by atoms with Gasteiger partial charge in [-0.15, -0.1) is 0 Å². The lowest BCUT2D eigenvalue weighted by atomic mass is 9.98. The number of aromatic nitrogens is 2. The molecule has 1 N–H and O–H groups in total. The summed E-state index contributed by atoms with van der Waals surface area (Å²) in [6.45, 7) is 3.79. The van der Waals surface area contributed by atoms with Gasteiger partial charge in [-0.3, -0.25) is 4.98 Å². The maximum absolute atomic E-state index is 5.82. The lowest BCUT2D eigenvalue weighted by Crippen LogP contribution is -2.20. The van der Waals surface area contributed by atoms with E-state index in [1.165, 1.54) is 19.3 Å². The zero-order valence-corrected chi connectivity index (χ0v) is 10.5. The Bertz CT molecular complexity index is 320. The molecule has 1 aromatic heterocycles. The van der Waals surface area contributed by atoms with Crippen LogP contribution in [0.4, 0.5) is 0 Å². The molecule has 0 unspecified atom stereocenters. The van der Waals surface area contributed by atoms with Gasteiger partial charge >= 0.3 is 0 Å². The van der Waals surface area contributed by atoms with E-state index in [1.54, 1.807) is 12.4 Å². The van der Waals surface area contributed by atoms with Crippen LogP contribution in [0, 0.1) is 0 Å². The van der Waals surface area contributed by atoms with Gasteiger partial charge in [0, 0.05) is 6.54 Å². The van der Waals surface area contributed by atoms with Crippen LogP contribution in [0.15, 0.2) is 12.4 Å². The van der Waals surface area contributed by atoms with Crippen LogP contribution in [-0.4, -0.2) is 22.6 Å². The summed E-state index contributed by atoms with van der Waals surface area (Å²) in [5, 5.41) is 3.22. The summed E-state index contributed by atoms with van der Waals surface area (Å²) in [4.78, 5) is 8.63. The SMILES string of the molecule is CCNCc1cnc(OC2CCCCC2)cn1. The monoisotopic (exact) mass is 235 g/mol. The number of nitrogens with zero attached hydrogens (tertiary/aromatic N) is 2. The van der Waals surface area contributed by atoms with E-state index in [0.29, 0.717) is 12.0 Å². The molecule has 0 saturated heterocycles. The largest absolute Gasteiger partial charge is 0.473 e. The molecule has 0 aliphatic heterocycles. The molecule has 1 heterocycles. The quantitative estimate of drug-likeness (QED) is 0.850. The van der Waals surface area contributed by atoms with Crippen molar-refractivity contribution in [2.75, 3.05) is 6.54 Å². The van der Waals surface area contributed by atoms with E-state index in [1.807, 2.05) is 0 Å². The highest BCUT2D eigenvalue weighted by molar-refractivity contribution is 5.07. The van der Waals surface area contributed by atoms with Crippen molar-refractivity contribution in [1.29, 1.82) is 0 Å². The molecule has 4 nitrogen and oxygen atoms in total. The number of hydrogen-bond acceptors (Lipinski definition) is 4. The topological polar surface area (TPSA) is 47.0 Å². The Morgan fingerprint density at radius 1 is 1.24 bits per heavy atom. The van der Waals surface area contributed by atoms with Gasteiger partial charge in [-0.1, -0.05) is 13.3 Å². The highest BCUT2D eigenvalue weighted by Gasteiger charge is 2.15. The number of hydrogen-bond donors (Lipinski definition) is 1. The van der Waals surface area contributed by atoms with Crippen molar-refractivity contribution in [2.45, 2.75) is 51.7 Å². The van der Waals surface area contributed by atoms with Crippen molar-refractivity contribution < 1.29 is 4.74 Å². The number of rotatable bonds is 5. The molecule has 0 bridgehead atoms. The highest BCUT2D eigenvalue weighted by Crippen LogP contribution is 2.21. The molecule has 94 valence electrons. The smallest absolute Gasteiger partial charge is 0.232 e. The standard InChI is InChI=1S/C13H21N3O/c1-2-14-8-11-9-16-13(10-15-11)17-12-6-4-3-5-7-12/h9-10,12,14H,2-8H2,1H3. The van der Waals surface area contributed by atoms with E-state index in [-0.39, 0.29) is 0 Å². The third-order valence-corrected chi connectivity index (χ3v) is 3.08. The van der Waals surface area contributed by atoms with E-state index in [4.69, 9.17) is 4.74 Å². The second kappa shape index (κ2) is 6.55. The van der Waals surface area contributed by atoms with Gasteiger partial charge in [0.05, 0.1) is 18.1 Å². The molecule has 0 radical (unpaired) electrons. The molecule has 1 saturated carbocycles. The molecule has 0 spiro atoms. The molecule has 1 aliphatic carbocycles. The molecule has 17 heavy (non-hydrogen) atoms. The Morgan fingerprint density at radius 3 is 2.71 bits per heavy atom. The maximum atomic E-state index is 5.82. The minimum absolute atomic E-state index is 0.345. The fourth-order valence-corrected chi connectivity index (χ4v) is 2.10. The minimum Gasteiger partial charge on any atom is -0.473 e. The van der Waals surface area contributed by atoms with Crippen LogP contribution in [0.5, 0.6) is 5.88 Å². The molecule has 0 aromatic carbocycles. The molecule has 1 aromatic rings. The predicted molar refractivity (Wildman–Crippen MR) is 66.9 cm³/mol. The van der Waals surface area contributed by atoms with Crippen molar-refractivity contribution in [3.63, 3.8) is 0 Å². The zero-order valence-electron chi connectivity index (χ0n) is 10.5. The average molecular weight is 235 g/mol. The summed E-state index contributed by atoms with van der Waals surface area (Å²) in [6.07, 6.45) is 10.1. The molecule has 0 atom stereocenters. The summed E-state index contributed by atoms with van der Waals surface area (Å²) in [7, 11) is 0. The van der Waals surface area contributed by atoms with E-state index < -0.39 is 0 Å². The second-order valence-electron chi connectivity index (χ2n) is 4.50. The van der Waals surface area contributed by atoms with Gasteiger partial charge in [0.25, 0.3) is 0 Å². The third-order valence-electron chi connectivity index (χ3n) is 3.08. The Hall–Kier alpha value is -1.16. The Kier molecular flexibility index (Phi) is 4.74. The van der Waals surface area contributed by atoms with Crippen molar-refractivity contribution in [1.82, 2.24) is 15.3 Å². The number of nitrogens with one attached hydrogen (secondary N) is 1. The van der Waals surface area contributed by atoms with Gasteiger partial charge in [0.2, 0.25) is 5.88 Å².